The normalized spacial score (nSPS) is 20.3. The number of hydrogen-bond donors (Lipinski definition) is 1. The van der Waals surface area contributed by atoms with Gasteiger partial charge in [-0.3, -0.25) is 14.3 Å². The minimum Gasteiger partial charge on any atom is -0.311 e. The molecule has 5 heterocycles. The van der Waals surface area contributed by atoms with Gasteiger partial charge in [-0.1, -0.05) is 0 Å². The van der Waals surface area contributed by atoms with Crippen molar-refractivity contribution >= 4 is 16.6 Å². The van der Waals surface area contributed by atoms with Crippen molar-refractivity contribution in [2.45, 2.75) is 51.1 Å². The first kappa shape index (κ1) is 17.7. The summed E-state index contributed by atoms with van der Waals surface area (Å²) in [5.74, 6) is 0. The number of aromatic nitrogens is 6. The van der Waals surface area contributed by atoms with Crippen molar-refractivity contribution in [2.75, 3.05) is 6.54 Å². The summed E-state index contributed by atoms with van der Waals surface area (Å²) < 4.78 is 3.59. The molecule has 1 aliphatic heterocycles. The summed E-state index contributed by atoms with van der Waals surface area (Å²) in [5, 5.41) is 8.81. The summed E-state index contributed by atoms with van der Waals surface area (Å²) in [6.07, 6.45) is 9.61. The van der Waals surface area contributed by atoms with Crippen LogP contribution in [-0.2, 0) is 0 Å². The second kappa shape index (κ2) is 6.18. The van der Waals surface area contributed by atoms with E-state index in [4.69, 9.17) is 0 Å². The number of imidazole rings is 1. The quantitative estimate of drug-likeness (QED) is 0.555. The Balaban J connectivity index is 1.41. The molecule has 2 fully saturated rings. The Morgan fingerprint density at radius 3 is 2.87 bits per heavy atom. The molecule has 4 aromatic heterocycles. The second-order valence-electron chi connectivity index (χ2n) is 8.76. The summed E-state index contributed by atoms with van der Waals surface area (Å²) in [6, 6.07) is 4.03. The van der Waals surface area contributed by atoms with E-state index in [1.165, 1.54) is 12.8 Å². The van der Waals surface area contributed by atoms with Gasteiger partial charge in [-0.25, -0.2) is 14.5 Å². The molecule has 1 saturated carbocycles. The van der Waals surface area contributed by atoms with Crippen molar-refractivity contribution in [2.24, 2.45) is 0 Å². The Bertz CT molecular complexity index is 1370. The highest BCUT2D eigenvalue weighted by molar-refractivity contribution is 5.80. The van der Waals surface area contributed by atoms with Gasteiger partial charge in [-0.15, -0.1) is 0 Å². The molecule has 1 N–H and O–H groups in total. The molecule has 152 valence electrons. The predicted molar refractivity (Wildman–Crippen MR) is 113 cm³/mol. The highest BCUT2D eigenvalue weighted by Crippen LogP contribution is 2.45. The molecule has 0 aromatic carbocycles. The van der Waals surface area contributed by atoms with Gasteiger partial charge in [0.15, 0.2) is 5.65 Å². The monoisotopic (exact) mass is 401 g/mol. The zero-order valence-electron chi connectivity index (χ0n) is 17.1. The fourth-order valence-electron chi connectivity index (χ4n) is 4.70. The molecule has 6 rings (SSSR count). The summed E-state index contributed by atoms with van der Waals surface area (Å²) in [4.78, 5) is 26.8. The van der Waals surface area contributed by atoms with E-state index in [1.807, 2.05) is 36.7 Å². The average Bonchev–Trinajstić information content (AvgIpc) is 3.35. The van der Waals surface area contributed by atoms with Gasteiger partial charge in [0.2, 0.25) is 0 Å². The lowest BCUT2D eigenvalue weighted by Crippen LogP contribution is -2.42. The zero-order valence-corrected chi connectivity index (χ0v) is 17.1. The Morgan fingerprint density at radius 1 is 1.17 bits per heavy atom. The van der Waals surface area contributed by atoms with E-state index < -0.39 is 0 Å². The largest absolute Gasteiger partial charge is 0.311 e. The Morgan fingerprint density at radius 2 is 2.03 bits per heavy atom. The molecule has 1 aliphatic carbocycles. The third-order valence-electron chi connectivity index (χ3n) is 6.51. The summed E-state index contributed by atoms with van der Waals surface area (Å²) in [5.41, 5.74) is 5.12. The smallest absolute Gasteiger partial charge is 0.263 e. The Kier molecular flexibility index (Phi) is 3.65. The number of nitrogens with zero attached hydrogens (tertiary/aromatic N) is 6. The highest BCUT2D eigenvalue weighted by Gasteiger charge is 2.46. The lowest BCUT2D eigenvalue weighted by molar-refractivity contribution is 0.281. The van der Waals surface area contributed by atoms with Gasteiger partial charge in [0, 0.05) is 17.8 Å². The molecule has 1 atom stereocenters. The summed E-state index contributed by atoms with van der Waals surface area (Å²) >= 11 is 0. The number of fused-ring (bicyclic) bond motifs is 2. The van der Waals surface area contributed by atoms with E-state index in [0.29, 0.717) is 16.6 Å². The van der Waals surface area contributed by atoms with Crippen LogP contribution in [0.25, 0.3) is 27.9 Å². The van der Waals surface area contributed by atoms with Crippen LogP contribution in [0.4, 0.5) is 0 Å². The lowest BCUT2D eigenvalue weighted by atomic mass is 9.97. The van der Waals surface area contributed by atoms with Crippen LogP contribution in [0.1, 0.15) is 43.0 Å². The number of piperidine rings is 1. The molecule has 8 heteroatoms. The van der Waals surface area contributed by atoms with Gasteiger partial charge in [-0.05, 0) is 63.8 Å². The standard InChI is InChI=1S/C22H23N7O/c1-13-7-19(27-29-11-14(2)26-20(13)29)18-8-17-16(10-23-18)21(30)28(12-24-17)15-3-6-25-22(9-15)4-5-22/h7-8,10-12,15,25H,3-6,9H2,1-2H3. The van der Waals surface area contributed by atoms with Crippen molar-refractivity contribution in [3.8, 4) is 11.4 Å². The van der Waals surface area contributed by atoms with Crippen molar-refractivity contribution < 1.29 is 0 Å². The molecule has 1 saturated heterocycles. The van der Waals surface area contributed by atoms with Crippen molar-refractivity contribution in [3.63, 3.8) is 0 Å². The predicted octanol–water partition coefficient (Wildman–Crippen LogP) is 2.58. The minimum absolute atomic E-state index is 0.00780. The van der Waals surface area contributed by atoms with E-state index in [9.17, 15) is 4.79 Å². The van der Waals surface area contributed by atoms with Crippen LogP contribution in [0.3, 0.4) is 0 Å². The number of pyridine rings is 1. The Labute approximate surface area is 173 Å². The topological polar surface area (TPSA) is 90.0 Å². The van der Waals surface area contributed by atoms with Crippen LogP contribution in [-0.4, -0.2) is 41.2 Å². The number of hydrogen-bond acceptors (Lipinski definition) is 6. The second-order valence-corrected chi connectivity index (χ2v) is 8.76. The maximum atomic E-state index is 13.2. The maximum absolute atomic E-state index is 13.2. The Hall–Kier alpha value is -3.13. The third-order valence-corrected chi connectivity index (χ3v) is 6.51. The van der Waals surface area contributed by atoms with Crippen molar-refractivity contribution in [3.05, 3.63) is 52.5 Å². The molecule has 4 aromatic rings. The fraction of sp³-hybridized carbons (Fsp3) is 0.409. The van der Waals surface area contributed by atoms with Crippen LogP contribution in [0.5, 0.6) is 0 Å². The molecule has 0 amide bonds. The molecule has 8 nitrogen and oxygen atoms in total. The van der Waals surface area contributed by atoms with Gasteiger partial charge in [-0.2, -0.15) is 5.10 Å². The van der Waals surface area contributed by atoms with Crippen LogP contribution in [0.15, 0.2) is 35.6 Å². The first-order valence-electron chi connectivity index (χ1n) is 10.5. The molecule has 0 radical (unpaired) electrons. The SMILES string of the molecule is Cc1cn2nc(-c3cc4ncn(C5CCNC6(CC6)C5)c(=O)c4cn3)cc(C)c2n1. The van der Waals surface area contributed by atoms with Gasteiger partial charge in [0.25, 0.3) is 5.56 Å². The fourth-order valence-corrected chi connectivity index (χ4v) is 4.70. The van der Waals surface area contributed by atoms with E-state index in [2.05, 4.69) is 25.4 Å². The van der Waals surface area contributed by atoms with E-state index >= 15 is 0 Å². The van der Waals surface area contributed by atoms with Crippen LogP contribution >= 0.6 is 0 Å². The number of aryl methyl sites for hydroxylation is 2. The number of nitrogens with one attached hydrogen (secondary N) is 1. The van der Waals surface area contributed by atoms with Crippen LogP contribution < -0.4 is 10.9 Å². The van der Waals surface area contributed by atoms with E-state index in [-0.39, 0.29) is 17.1 Å². The maximum Gasteiger partial charge on any atom is 0.263 e. The molecule has 30 heavy (non-hydrogen) atoms. The van der Waals surface area contributed by atoms with Crippen molar-refractivity contribution in [1.82, 2.24) is 34.4 Å². The molecular formula is C22H23N7O. The summed E-state index contributed by atoms with van der Waals surface area (Å²) in [6.45, 7) is 4.91. The van der Waals surface area contributed by atoms with Gasteiger partial charge >= 0.3 is 0 Å². The third kappa shape index (κ3) is 2.74. The molecular weight excluding hydrogens is 378 g/mol. The van der Waals surface area contributed by atoms with Crippen LogP contribution in [0.2, 0.25) is 0 Å². The molecule has 1 unspecified atom stereocenters. The molecule has 0 bridgehead atoms. The first-order valence-corrected chi connectivity index (χ1v) is 10.5. The van der Waals surface area contributed by atoms with E-state index in [1.54, 1.807) is 17.0 Å². The summed E-state index contributed by atoms with van der Waals surface area (Å²) in [7, 11) is 0. The van der Waals surface area contributed by atoms with E-state index in [0.717, 1.165) is 42.0 Å². The van der Waals surface area contributed by atoms with Gasteiger partial charge in [0.1, 0.15) is 5.69 Å². The lowest BCUT2D eigenvalue weighted by Gasteiger charge is -2.31. The minimum atomic E-state index is -0.00780. The first-order chi connectivity index (χ1) is 14.5. The zero-order chi connectivity index (χ0) is 20.5. The number of rotatable bonds is 2. The average molecular weight is 401 g/mol. The molecule has 2 aliphatic rings. The molecule has 1 spiro atoms. The highest BCUT2D eigenvalue weighted by atomic mass is 16.1. The van der Waals surface area contributed by atoms with Crippen LogP contribution in [0, 0.1) is 13.8 Å². The van der Waals surface area contributed by atoms with Gasteiger partial charge in [0.05, 0.1) is 34.8 Å². The van der Waals surface area contributed by atoms with Crippen molar-refractivity contribution in [1.29, 1.82) is 0 Å². The van der Waals surface area contributed by atoms with Gasteiger partial charge < -0.3 is 5.32 Å².